The number of carbonyl (C=O) groups excluding carboxylic acids is 1. The largest absolute Gasteiger partial charge is 0.443 e. The number of hydrogen-bond donors (Lipinski definition) is 1. The maximum Gasteiger partial charge on any atom is 0.414 e. The zero-order valence-electron chi connectivity index (χ0n) is 14.0. The van der Waals surface area contributed by atoms with Crippen LogP contribution in [0.1, 0.15) is 34.1 Å². The summed E-state index contributed by atoms with van der Waals surface area (Å²) in [4.78, 5) is 23.1. The van der Waals surface area contributed by atoms with Crippen molar-refractivity contribution in [3.05, 3.63) is 28.3 Å². The summed E-state index contributed by atoms with van der Waals surface area (Å²) in [6.07, 6.45) is -0.247. The molecule has 0 aliphatic rings. The molecular formula is C14H21N3O6S. The van der Waals surface area contributed by atoms with Gasteiger partial charge in [0, 0.05) is 18.7 Å². The molecule has 10 heteroatoms. The fraction of sp³-hybridized carbons (Fsp3) is 0.500. The number of nitrogens with zero attached hydrogens (tertiary/aromatic N) is 2. The molecule has 0 aliphatic carbocycles. The first-order chi connectivity index (χ1) is 10.9. The molecule has 0 saturated carbocycles. The van der Waals surface area contributed by atoms with Gasteiger partial charge in [-0.15, -0.1) is 0 Å². The molecule has 0 bridgehead atoms. The van der Waals surface area contributed by atoms with Crippen LogP contribution in [0, 0.1) is 10.1 Å². The minimum atomic E-state index is -4.28. The third-order valence-electron chi connectivity index (χ3n) is 2.81. The lowest BCUT2D eigenvalue weighted by Crippen LogP contribution is -2.38. The normalized spacial score (nSPS) is 11.9. The second kappa shape index (κ2) is 7.14. The molecule has 0 heterocycles. The molecule has 1 amide bonds. The van der Waals surface area contributed by atoms with Crippen molar-refractivity contribution in [2.75, 3.05) is 11.4 Å². The van der Waals surface area contributed by atoms with Gasteiger partial charge in [0.15, 0.2) is 0 Å². The summed E-state index contributed by atoms with van der Waals surface area (Å²) in [6, 6.07) is 3.12. The number of anilines is 1. The minimum absolute atomic E-state index is 0.0563. The molecule has 0 saturated heterocycles. The summed E-state index contributed by atoms with van der Waals surface area (Å²) in [6.45, 7) is 6.97. The van der Waals surface area contributed by atoms with Crippen molar-refractivity contribution in [3.8, 4) is 0 Å². The molecule has 0 unspecified atom stereocenters. The monoisotopic (exact) mass is 359 g/mol. The van der Waals surface area contributed by atoms with Crippen LogP contribution in [-0.4, -0.2) is 31.6 Å². The van der Waals surface area contributed by atoms with E-state index in [0.29, 0.717) is 6.42 Å². The highest BCUT2D eigenvalue weighted by molar-refractivity contribution is 7.89. The summed E-state index contributed by atoms with van der Waals surface area (Å²) >= 11 is 0. The number of ether oxygens (including phenoxy) is 1. The summed E-state index contributed by atoms with van der Waals surface area (Å²) in [7, 11) is -4.28. The zero-order chi connectivity index (χ0) is 18.7. The number of amides is 1. The van der Waals surface area contributed by atoms with Crippen LogP contribution in [-0.2, 0) is 14.8 Å². The van der Waals surface area contributed by atoms with Crippen LogP contribution < -0.4 is 10.0 Å². The van der Waals surface area contributed by atoms with Gasteiger partial charge in [-0.25, -0.2) is 18.4 Å². The number of nitrogens with two attached hydrogens (primary N) is 1. The maximum absolute atomic E-state index is 12.4. The zero-order valence-corrected chi connectivity index (χ0v) is 14.8. The van der Waals surface area contributed by atoms with E-state index in [9.17, 15) is 23.3 Å². The van der Waals surface area contributed by atoms with Crippen molar-refractivity contribution in [3.63, 3.8) is 0 Å². The van der Waals surface area contributed by atoms with Gasteiger partial charge in [-0.2, -0.15) is 0 Å². The van der Waals surface area contributed by atoms with Gasteiger partial charge in [-0.05, 0) is 33.3 Å². The molecule has 2 N–H and O–H groups in total. The molecule has 1 aromatic rings. The number of sulfonamides is 1. The minimum Gasteiger partial charge on any atom is -0.443 e. The molecule has 1 rings (SSSR count). The number of rotatable bonds is 5. The first-order valence-electron chi connectivity index (χ1n) is 7.18. The average Bonchev–Trinajstić information content (AvgIpc) is 2.41. The van der Waals surface area contributed by atoms with E-state index in [0.717, 1.165) is 17.0 Å². The third-order valence-corrected chi connectivity index (χ3v) is 3.75. The number of primary sulfonamides is 1. The van der Waals surface area contributed by atoms with Crippen LogP contribution in [0.3, 0.4) is 0 Å². The molecule has 24 heavy (non-hydrogen) atoms. The molecule has 9 nitrogen and oxygen atoms in total. The van der Waals surface area contributed by atoms with Gasteiger partial charge >= 0.3 is 6.09 Å². The van der Waals surface area contributed by atoms with Gasteiger partial charge in [0.25, 0.3) is 5.69 Å². The first kappa shape index (κ1) is 19.8. The van der Waals surface area contributed by atoms with E-state index in [1.54, 1.807) is 27.7 Å². The summed E-state index contributed by atoms with van der Waals surface area (Å²) in [5, 5.41) is 16.0. The number of non-ortho nitro benzene ring substituents is 1. The van der Waals surface area contributed by atoms with E-state index in [-0.39, 0.29) is 12.2 Å². The SMILES string of the molecule is CCCN(C(=O)OC(C)(C)C)c1ccc([N+](=O)[O-])cc1S(N)(=O)=O. The number of nitro benzene ring substituents is 1. The van der Waals surface area contributed by atoms with Crippen LogP contribution in [0.5, 0.6) is 0 Å². The number of benzene rings is 1. The Labute approximate surface area is 140 Å². The number of carbonyl (C=O) groups is 1. The quantitative estimate of drug-likeness (QED) is 0.634. The standard InChI is InChI=1S/C14H21N3O6S/c1-5-8-16(13(18)23-14(2,3)4)11-7-6-10(17(19)20)9-12(11)24(15,21)22/h6-7,9H,5,8H2,1-4H3,(H2,15,21,22). The Balaban J connectivity index is 3.48. The van der Waals surface area contributed by atoms with E-state index in [1.807, 2.05) is 0 Å². The summed E-state index contributed by atoms with van der Waals surface area (Å²) < 4.78 is 28.9. The lowest BCUT2D eigenvalue weighted by Gasteiger charge is -2.28. The van der Waals surface area contributed by atoms with Crippen LogP contribution in [0.4, 0.5) is 16.2 Å². The Hall–Kier alpha value is -2.20. The van der Waals surface area contributed by atoms with Gasteiger partial charge in [0.2, 0.25) is 10.0 Å². The van der Waals surface area contributed by atoms with Crippen LogP contribution >= 0.6 is 0 Å². The lowest BCUT2D eigenvalue weighted by molar-refractivity contribution is -0.385. The maximum atomic E-state index is 12.4. The van der Waals surface area contributed by atoms with Crippen LogP contribution in [0.2, 0.25) is 0 Å². The van der Waals surface area contributed by atoms with E-state index in [2.05, 4.69) is 0 Å². The Morgan fingerprint density at radius 2 is 1.96 bits per heavy atom. The molecule has 0 radical (unpaired) electrons. The summed E-state index contributed by atoms with van der Waals surface area (Å²) in [5.74, 6) is 0. The highest BCUT2D eigenvalue weighted by Gasteiger charge is 2.28. The van der Waals surface area contributed by atoms with E-state index >= 15 is 0 Å². The molecule has 0 spiro atoms. The van der Waals surface area contributed by atoms with Gasteiger partial charge in [0.1, 0.15) is 10.5 Å². The topological polar surface area (TPSA) is 133 Å². The molecule has 0 atom stereocenters. The predicted octanol–water partition coefficient (Wildman–Crippen LogP) is 2.39. The Morgan fingerprint density at radius 1 is 1.38 bits per heavy atom. The summed E-state index contributed by atoms with van der Waals surface area (Å²) in [5.41, 5.74) is -1.28. The lowest BCUT2D eigenvalue weighted by atomic mass is 10.2. The highest BCUT2D eigenvalue weighted by atomic mass is 32.2. The van der Waals surface area contributed by atoms with E-state index in [1.165, 1.54) is 6.07 Å². The molecule has 0 aromatic heterocycles. The molecule has 1 aromatic carbocycles. The first-order valence-corrected chi connectivity index (χ1v) is 8.73. The van der Waals surface area contributed by atoms with Crippen molar-refractivity contribution >= 4 is 27.5 Å². The molecule has 0 aliphatic heterocycles. The average molecular weight is 359 g/mol. The second-order valence-corrected chi connectivity index (χ2v) is 7.62. The highest BCUT2D eigenvalue weighted by Crippen LogP contribution is 2.30. The van der Waals surface area contributed by atoms with Crippen LogP contribution in [0.15, 0.2) is 23.1 Å². The van der Waals surface area contributed by atoms with Gasteiger partial charge in [-0.1, -0.05) is 6.92 Å². The molecule has 134 valence electrons. The van der Waals surface area contributed by atoms with Crippen molar-refractivity contribution in [2.45, 2.75) is 44.6 Å². The van der Waals surface area contributed by atoms with Crippen molar-refractivity contribution in [1.29, 1.82) is 0 Å². The Kier molecular flexibility index (Phi) is 5.90. The fourth-order valence-electron chi connectivity index (χ4n) is 1.92. The predicted molar refractivity (Wildman–Crippen MR) is 88.3 cm³/mol. The van der Waals surface area contributed by atoms with Gasteiger partial charge in [-0.3, -0.25) is 15.0 Å². The van der Waals surface area contributed by atoms with Crippen molar-refractivity contribution in [2.24, 2.45) is 5.14 Å². The molecule has 0 fully saturated rings. The van der Waals surface area contributed by atoms with E-state index < -0.39 is 37.2 Å². The van der Waals surface area contributed by atoms with Crippen molar-refractivity contribution < 1.29 is 22.9 Å². The van der Waals surface area contributed by atoms with Crippen LogP contribution in [0.25, 0.3) is 0 Å². The van der Waals surface area contributed by atoms with Crippen molar-refractivity contribution in [1.82, 2.24) is 0 Å². The Morgan fingerprint density at radius 3 is 2.38 bits per heavy atom. The van der Waals surface area contributed by atoms with E-state index in [4.69, 9.17) is 9.88 Å². The number of nitro groups is 1. The third kappa shape index (κ3) is 5.17. The second-order valence-electron chi connectivity index (χ2n) is 6.09. The van der Waals surface area contributed by atoms with Gasteiger partial charge < -0.3 is 4.74 Å². The number of hydrogen-bond acceptors (Lipinski definition) is 6. The van der Waals surface area contributed by atoms with Gasteiger partial charge in [0.05, 0.1) is 10.6 Å². The smallest absolute Gasteiger partial charge is 0.414 e. The fourth-order valence-corrected chi connectivity index (χ4v) is 2.67. The molecular weight excluding hydrogens is 338 g/mol. The Bertz CT molecular complexity index is 739.